The molecule has 0 N–H and O–H groups in total. The average molecular weight is 375 g/mol. The van der Waals surface area contributed by atoms with E-state index in [1.165, 1.54) is 12.1 Å². The van der Waals surface area contributed by atoms with Crippen molar-refractivity contribution in [3.8, 4) is 0 Å². The van der Waals surface area contributed by atoms with Crippen molar-refractivity contribution in [3.05, 3.63) is 35.6 Å². The molecule has 27 heavy (non-hydrogen) atoms. The molecule has 2 amide bonds. The Morgan fingerprint density at radius 1 is 1.04 bits per heavy atom. The number of halogens is 1. The highest BCUT2D eigenvalue weighted by Gasteiger charge is 2.40. The zero-order chi connectivity index (χ0) is 19.6. The molecule has 3 rings (SSSR count). The maximum Gasteiger partial charge on any atom is 0.245 e. The van der Waals surface area contributed by atoms with Crippen LogP contribution in [-0.4, -0.2) is 47.3 Å². The first kappa shape index (κ1) is 19.8. The van der Waals surface area contributed by atoms with Gasteiger partial charge in [-0.1, -0.05) is 32.9 Å². The molecule has 2 aliphatic rings. The fourth-order valence-corrected chi connectivity index (χ4v) is 4.39. The number of hydrogen-bond donors (Lipinski definition) is 0. The van der Waals surface area contributed by atoms with Crippen LogP contribution in [0.15, 0.2) is 24.3 Å². The summed E-state index contributed by atoms with van der Waals surface area (Å²) < 4.78 is 13.3. The Labute approximate surface area is 161 Å². The lowest BCUT2D eigenvalue weighted by molar-refractivity contribution is -0.146. The van der Waals surface area contributed by atoms with E-state index in [1.54, 1.807) is 17.0 Å². The maximum atomic E-state index is 13.4. The predicted octanol–water partition coefficient (Wildman–Crippen LogP) is 3.81. The largest absolute Gasteiger partial charge is 0.341 e. The number of amides is 2. The predicted molar refractivity (Wildman–Crippen MR) is 104 cm³/mol. The zero-order valence-corrected chi connectivity index (χ0v) is 16.7. The van der Waals surface area contributed by atoms with Gasteiger partial charge in [0.05, 0.1) is 5.92 Å². The van der Waals surface area contributed by atoms with Crippen LogP contribution in [0.25, 0.3) is 0 Å². The van der Waals surface area contributed by atoms with Crippen LogP contribution >= 0.6 is 0 Å². The van der Waals surface area contributed by atoms with Crippen LogP contribution in [-0.2, 0) is 9.59 Å². The average Bonchev–Trinajstić information content (AvgIpc) is 3.13. The summed E-state index contributed by atoms with van der Waals surface area (Å²) in [6.45, 7) is 8.46. The van der Waals surface area contributed by atoms with E-state index in [-0.39, 0.29) is 35.5 Å². The van der Waals surface area contributed by atoms with E-state index in [4.69, 9.17) is 0 Å². The van der Waals surface area contributed by atoms with Crippen molar-refractivity contribution in [2.75, 3.05) is 19.6 Å². The SMILES string of the molecule is CC1CCN(C(=O)[C@@H]2CCCN2C(=O)C(c2ccc(F)cc2)C(C)C)CC1. The van der Waals surface area contributed by atoms with Gasteiger partial charge in [0.2, 0.25) is 11.8 Å². The number of piperidine rings is 1. The lowest BCUT2D eigenvalue weighted by atomic mass is 9.87. The van der Waals surface area contributed by atoms with E-state index in [0.717, 1.165) is 44.3 Å². The molecule has 0 saturated carbocycles. The molecule has 2 aliphatic heterocycles. The lowest BCUT2D eigenvalue weighted by Crippen LogP contribution is -2.51. The van der Waals surface area contributed by atoms with Gasteiger partial charge in [0.1, 0.15) is 11.9 Å². The Morgan fingerprint density at radius 2 is 1.67 bits per heavy atom. The number of nitrogens with zero attached hydrogens (tertiary/aromatic N) is 2. The number of rotatable bonds is 4. The minimum atomic E-state index is -0.347. The number of carbonyl (C=O) groups excluding carboxylic acids is 2. The molecule has 0 aliphatic carbocycles. The van der Waals surface area contributed by atoms with Gasteiger partial charge in [-0.05, 0) is 55.2 Å². The smallest absolute Gasteiger partial charge is 0.245 e. The monoisotopic (exact) mass is 374 g/mol. The molecule has 148 valence electrons. The van der Waals surface area contributed by atoms with Crippen molar-refractivity contribution in [3.63, 3.8) is 0 Å². The first-order chi connectivity index (χ1) is 12.9. The van der Waals surface area contributed by atoms with Crippen molar-refractivity contribution in [1.29, 1.82) is 0 Å². The normalized spacial score (nSPS) is 22.3. The molecule has 0 radical (unpaired) electrons. The number of hydrogen-bond acceptors (Lipinski definition) is 2. The third kappa shape index (κ3) is 4.33. The molecule has 1 unspecified atom stereocenters. The van der Waals surface area contributed by atoms with E-state index in [1.807, 2.05) is 18.7 Å². The summed E-state index contributed by atoms with van der Waals surface area (Å²) in [4.78, 5) is 30.2. The van der Waals surface area contributed by atoms with Crippen LogP contribution < -0.4 is 0 Å². The zero-order valence-electron chi connectivity index (χ0n) is 16.7. The summed E-state index contributed by atoms with van der Waals surface area (Å²) in [6.07, 6.45) is 3.68. The van der Waals surface area contributed by atoms with Gasteiger partial charge in [-0.2, -0.15) is 0 Å². The second-order valence-electron chi connectivity index (χ2n) is 8.47. The molecule has 4 nitrogen and oxygen atoms in total. The van der Waals surface area contributed by atoms with Gasteiger partial charge in [0.15, 0.2) is 0 Å². The van der Waals surface area contributed by atoms with E-state index in [0.29, 0.717) is 12.5 Å². The molecule has 0 bridgehead atoms. The van der Waals surface area contributed by atoms with Crippen molar-refractivity contribution in [2.24, 2.45) is 11.8 Å². The van der Waals surface area contributed by atoms with Crippen LogP contribution in [0.5, 0.6) is 0 Å². The Morgan fingerprint density at radius 3 is 2.26 bits per heavy atom. The molecule has 0 aromatic heterocycles. The summed E-state index contributed by atoms with van der Waals surface area (Å²) >= 11 is 0. The van der Waals surface area contributed by atoms with Crippen molar-refractivity contribution in [1.82, 2.24) is 9.80 Å². The highest BCUT2D eigenvalue weighted by Crippen LogP contribution is 2.31. The molecule has 0 spiro atoms. The van der Waals surface area contributed by atoms with Gasteiger partial charge in [-0.3, -0.25) is 9.59 Å². The summed E-state index contributed by atoms with van der Waals surface area (Å²) in [5, 5.41) is 0. The highest BCUT2D eigenvalue weighted by molar-refractivity contribution is 5.91. The summed E-state index contributed by atoms with van der Waals surface area (Å²) in [6, 6.07) is 5.85. The minimum absolute atomic E-state index is 0.00200. The molecular formula is C22H31FN2O2. The number of carbonyl (C=O) groups is 2. The van der Waals surface area contributed by atoms with Crippen LogP contribution in [0.2, 0.25) is 0 Å². The van der Waals surface area contributed by atoms with Gasteiger partial charge >= 0.3 is 0 Å². The maximum absolute atomic E-state index is 13.4. The fraction of sp³-hybridized carbons (Fsp3) is 0.636. The van der Waals surface area contributed by atoms with Gasteiger partial charge in [0, 0.05) is 19.6 Å². The molecule has 2 heterocycles. The van der Waals surface area contributed by atoms with Crippen LogP contribution in [0.1, 0.15) is 57.9 Å². The van der Waals surface area contributed by atoms with E-state index in [2.05, 4.69) is 6.92 Å². The molecule has 1 aromatic carbocycles. The molecular weight excluding hydrogens is 343 g/mol. The van der Waals surface area contributed by atoms with E-state index >= 15 is 0 Å². The first-order valence-electron chi connectivity index (χ1n) is 10.2. The Bertz CT molecular complexity index is 665. The van der Waals surface area contributed by atoms with Crippen LogP contribution in [0.4, 0.5) is 4.39 Å². The number of benzene rings is 1. The summed E-state index contributed by atoms with van der Waals surface area (Å²) in [7, 11) is 0. The molecule has 2 atom stereocenters. The third-order valence-corrected chi connectivity index (χ3v) is 6.08. The minimum Gasteiger partial charge on any atom is -0.341 e. The van der Waals surface area contributed by atoms with E-state index < -0.39 is 0 Å². The molecule has 2 fully saturated rings. The summed E-state index contributed by atoms with van der Waals surface area (Å²) in [5.74, 6) is 0.198. The number of likely N-dealkylation sites (tertiary alicyclic amines) is 2. The quantitative estimate of drug-likeness (QED) is 0.804. The fourth-order valence-electron chi connectivity index (χ4n) is 4.39. The van der Waals surface area contributed by atoms with Gasteiger partial charge in [0.25, 0.3) is 0 Å². The lowest BCUT2D eigenvalue weighted by Gasteiger charge is -2.36. The van der Waals surface area contributed by atoms with Crippen LogP contribution in [0.3, 0.4) is 0 Å². The van der Waals surface area contributed by atoms with E-state index in [9.17, 15) is 14.0 Å². The Balaban J connectivity index is 1.77. The molecule has 2 saturated heterocycles. The van der Waals surface area contributed by atoms with Crippen molar-refractivity contribution >= 4 is 11.8 Å². The van der Waals surface area contributed by atoms with Gasteiger partial charge < -0.3 is 9.80 Å². The Hall–Kier alpha value is -1.91. The second-order valence-corrected chi connectivity index (χ2v) is 8.47. The van der Waals surface area contributed by atoms with Gasteiger partial charge in [-0.15, -0.1) is 0 Å². The summed E-state index contributed by atoms with van der Waals surface area (Å²) in [5.41, 5.74) is 0.821. The molecule has 1 aromatic rings. The topological polar surface area (TPSA) is 40.6 Å². The van der Waals surface area contributed by atoms with Crippen molar-refractivity contribution in [2.45, 2.75) is 58.4 Å². The third-order valence-electron chi connectivity index (χ3n) is 6.08. The van der Waals surface area contributed by atoms with Gasteiger partial charge in [-0.25, -0.2) is 4.39 Å². The molecule has 5 heteroatoms. The first-order valence-corrected chi connectivity index (χ1v) is 10.2. The van der Waals surface area contributed by atoms with Crippen LogP contribution in [0, 0.1) is 17.7 Å². The van der Waals surface area contributed by atoms with Crippen molar-refractivity contribution < 1.29 is 14.0 Å². The Kier molecular flexibility index (Phi) is 6.18. The second kappa shape index (κ2) is 8.41. The highest BCUT2D eigenvalue weighted by atomic mass is 19.1. The standard InChI is InChI=1S/C22H31FN2O2/c1-15(2)20(17-6-8-18(23)9-7-17)22(27)25-12-4-5-19(25)21(26)24-13-10-16(3)11-14-24/h6-9,15-16,19-20H,4-5,10-14H2,1-3H3/t19-,20?/m0/s1.